The average Bonchev–Trinajstić information content (AvgIpc) is 3.07. The number of benzene rings is 2. The lowest BCUT2D eigenvalue weighted by Crippen LogP contribution is -2.06. The molecule has 0 aliphatic heterocycles. The van der Waals surface area contributed by atoms with Crippen molar-refractivity contribution in [2.24, 2.45) is 0 Å². The van der Waals surface area contributed by atoms with Crippen LogP contribution in [0.4, 0.5) is 5.69 Å². The molecule has 4 rings (SSSR count). The SMILES string of the molecule is CCOc1ccc2nc(SCc3cc(=O)oc4cc(NC(C)=O)ccc34)[nH]c2c1. The van der Waals surface area contributed by atoms with Crippen LogP contribution < -0.4 is 15.7 Å². The van der Waals surface area contributed by atoms with Crippen LogP contribution >= 0.6 is 11.8 Å². The molecule has 2 N–H and O–H groups in total. The van der Waals surface area contributed by atoms with Crippen LogP contribution in [0.25, 0.3) is 22.0 Å². The molecule has 0 unspecified atom stereocenters. The standard InChI is InChI=1S/C21H19N3O4S/c1-3-27-15-5-7-17-18(10-15)24-21(23-17)29-11-13-8-20(26)28-19-9-14(22-12(2)25)4-6-16(13)19/h4-10H,3,11H2,1-2H3,(H,22,25)(H,23,24). The van der Waals surface area contributed by atoms with Crippen LogP contribution in [0.1, 0.15) is 19.4 Å². The van der Waals surface area contributed by atoms with Crippen LogP contribution in [0.5, 0.6) is 5.75 Å². The van der Waals surface area contributed by atoms with Crippen molar-refractivity contribution in [2.75, 3.05) is 11.9 Å². The zero-order chi connectivity index (χ0) is 20.4. The Balaban J connectivity index is 1.59. The molecule has 7 nitrogen and oxygen atoms in total. The smallest absolute Gasteiger partial charge is 0.336 e. The molecule has 0 saturated heterocycles. The summed E-state index contributed by atoms with van der Waals surface area (Å²) in [4.78, 5) is 31.1. The van der Waals surface area contributed by atoms with Gasteiger partial charge in [-0.1, -0.05) is 11.8 Å². The van der Waals surface area contributed by atoms with Gasteiger partial charge in [-0.3, -0.25) is 4.79 Å². The molecular weight excluding hydrogens is 390 g/mol. The molecule has 0 fully saturated rings. The third kappa shape index (κ3) is 4.27. The van der Waals surface area contributed by atoms with Crippen molar-refractivity contribution in [2.45, 2.75) is 24.8 Å². The first-order chi connectivity index (χ1) is 14.0. The summed E-state index contributed by atoms with van der Waals surface area (Å²) in [6.45, 7) is 3.98. The number of rotatable bonds is 6. The third-order valence-corrected chi connectivity index (χ3v) is 5.18. The highest BCUT2D eigenvalue weighted by atomic mass is 32.2. The van der Waals surface area contributed by atoms with Gasteiger partial charge >= 0.3 is 5.63 Å². The second-order valence-electron chi connectivity index (χ2n) is 6.43. The number of thioether (sulfide) groups is 1. The van der Waals surface area contributed by atoms with Gasteiger partial charge in [0.2, 0.25) is 5.91 Å². The van der Waals surface area contributed by atoms with E-state index in [-0.39, 0.29) is 5.91 Å². The number of fused-ring (bicyclic) bond motifs is 2. The summed E-state index contributed by atoms with van der Waals surface area (Å²) in [7, 11) is 0. The lowest BCUT2D eigenvalue weighted by Gasteiger charge is -2.07. The molecule has 2 aromatic heterocycles. The lowest BCUT2D eigenvalue weighted by atomic mass is 10.1. The van der Waals surface area contributed by atoms with Crippen LogP contribution in [-0.2, 0) is 10.5 Å². The van der Waals surface area contributed by atoms with E-state index < -0.39 is 5.63 Å². The first-order valence-corrected chi connectivity index (χ1v) is 10.1. The van der Waals surface area contributed by atoms with E-state index >= 15 is 0 Å². The normalized spacial score (nSPS) is 11.1. The molecule has 0 radical (unpaired) electrons. The Hall–Kier alpha value is -3.26. The summed E-state index contributed by atoms with van der Waals surface area (Å²) in [5.74, 6) is 1.15. The summed E-state index contributed by atoms with van der Waals surface area (Å²) < 4.78 is 10.8. The van der Waals surface area contributed by atoms with E-state index in [2.05, 4.69) is 15.3 Å². The van der Waals surface area contributed by atoms with Gasteiger partial charge in [0.1, 0.15) is 11.3 Å². The van der Waals surface area contributed by atoms with Crippen LogP contribution in [0.2, 0.25) is 0 Å². The van der Waals surface area contributed by atoms with E-state index in [0.29, 0.717) is 23.6 Å². The van der Waals surface area contributed by atoms with Crippen molar-refractivity contribution in [1.29, 1.82) is 0 Å². The lowest BCUT2D eigenvalue weighted by molar-refractivity contribution is -0.114. The zero-order valence-corrected chi connectivity index (χ0v) is 16.8. The quantitative estimate of drug-likeness (QED) is 0.364. The number of amides is 1. The fraction of sp³-hybridized carbons (Fsp3) is 0.190. The van der Waals surface area contributed by atoms with Crippen LogP contribution in [0.3, 0.4) is 0 Å². The Bertz CT molecular complexity index is 1260. The summed E-state index contributed by atoms with van der Waals surface area (Å²) in [6, 6.07) is 12.5. The molecule has 2 aromatic carbocycles. The Labute approximate surface area is 170 Å². The van der Waals surface area contributed by atoms with Crippen molar-refractivity contribution in [1.82, 2.24) is 9.97 Å². The molecule has 0 bridgehead atoms. The number of hydrogen-bond acceptors (Lipinski definition) is 6. The van der Waals surface area contributed by atoms with Gasteiger partial charge in [-0.15, -0.1) is 0 Å². The molecule has 0 atom stereocenters. The number of H-pyrrole nitrogens is 1. The van der Waals surface area contributed by atoms with Gasteiger partial charge in [0.15, 0.2) is 5.16 Å². The number of aromatic nitrogens is 2. The maximum absolute atomic E-state index is 12.0. The van der Waals surface area contributed by atoms with E-state index in [1.54, 1.807) is 12.1 Å². The van der Waals surface area contributed by atoms with Crippen molar-refractivity contribution < 1.29 is 13.9 Å². The minimum absolute atomic E-state index is 0.184. The van der Waals surface area contributed by atoms with Crippen LogP contribution in [0, 0.1) is 0 Å². The second kappa shape index (κ2) is 8.00. The number of hydrogen-bond donors (Lipinski definition) is 2. The number of anilines is 1. The molecule has 2 heterocycles. The number of imidazole rings is 1. The topological polar surface area (TPSA) is 97.2 Å². The summed E-state index contributed by atoms with van der Waals surface area (Å²) in [5.41, 5.74) is 3.18. The largest absolute Gasteiger partial charge is 0.494 e. The molecular formula is C21H19N3O4S. The number of carbonyl (C=O) groups is 1. The fourth-order valence-electron chi connectivity index (χ4n) is 3.07. The fourth-order valence-corrected chi connectivity index (χ4v) is 3.94. The molecule has 0 aliphatic rings. The number of carbonyl (C=O) groups excluding carboxylic acids is 1. The third-order valence-electron chi connectivity index (χ3n) is 4.26. The molecule has 8 heteroatoms. The van der Waals surface area contributed by atoms with Crippen molar-refractivity contribution in [3.63, 3.8) is 0 Å². The first kappa shape index (κ1) is 19.1. The second-order valence-corrected chi connectivity index (χ2v) is 7.39. The maximum atomic E-state index is 12.0. The Morgan fingerprint density at radius 2 is 2.10 bits per heavy atom. The Morgan fingerprint density at radius 3 is 2.90 bits per heavy atom. The summed E-state index contributed by atoms with van der Waals surface area (Å²) in [6.07, 6.45) is 0. The summed E-state index contributed by atoms with van der Waals surface area (Å²) >= 11 is 1.50. The number of nitrogens with one attached hydrogen (secondary N) is 2. The highest BCUT2D eigenvalue weighted by molar-refractivity contribution is 7.98. The van der Waals surface area contributed by atoms with Gasteiger partial charge in [-0.25, -0.2) is 9.78 Å². The Kier molecular flexibility index (Phi) is 5.26. The van der Waals surface area contributed by atoms with Gasteiger partial charge in [0, 0.05) is 41.9 Å². The van der Waals surface area contributed by atoms with E-state index in [1.807, 2.05) is 31.2 Å². The van der Waals surface area contributed by atoms with Crippen LogP contribution in [0.15, 0.2) is 56.8 Å². The first-order valence-electron chi connectivity index (χ1n) is 9.11. The van der Waals surface area contributed by atoms with Gasteiger partial charge in [0.25, 0.3) is 0 Å². The van der Waals surface area contributed by atoms with Gasteiger partial charge in [0.05, 0.1) is 17.6 Å². The molecule has 0 spiro atoms. The highest BCUT2D eigenvalue weighted by Crippen LogP contribution is 2.28. The van der Waals surface area contributed by atoms with Crippen molar-refractivity contribution in [3.05, 3.63) is 58.4 Å². The Morgan fingerprint density at radius 1 is 1.24 bits per heavy atom. The van der Waals surface area contributed by atoms with Gasteiger partial charge < -0.3 is 19.5 Å². The van der Waals surface area contributed by atoms with E-state index in [9.17, 15) is 9.59 Å². The maximum Gasteiger partial charge on any atom is 0.336 e. The molecule has 29 heavy (non-hydrogen) atoms. The van der Waals surface area contributed by atoms with E-state index in [4.69, 9.17) is 9.15 Å². The average molecular weight is 409 g/mol. The van der Waals surface area contributed by atoms with Crippen LogP contribution in [-0.4, -0.2) is 22.5 Å². The number of ether oxygens (including phenoxy) is 1. The minimum Gasteiger partial charge on any atom is -0.494 e. The molecule has 0 saturated carbocycles. The highest BCUT2D eigenvalue weighted by Gasteiger charge is 2.10. The molecule has 1 amide bonds. The summed E-state index contributed by atoms with van der Waals surface area (Å²) in [5, 5.41) is 4.27. The predicted octanol–water partition coefficient (Wildman–Crippen LogP) is 4.32. The van der Waals surface area contributed by atoms with E-state index in [1.165, 1.54) is 24.8 Å². The minimum atomic E-state index is -0.431. The van der Waals surface area contributed by atoms with Gasteiger partial charge in [-0.2, -0.15) is 0 Å². The number of aromatic amines is 1. The molecule has 0 aliphatic carbocycles. The van der Waals surface area contributed by atoms with E-state index in [0.717, 1.165) is 32.9 Å². The monoisotopic (exact) mass is 409 g/mol. The van der Waals surface area contributed by atoms with Gasteiger partial charge in [-0.05, 0) is 36.8 Å². The molecule has 4 aromatic rings. The number of nitrogens with zero attached hydrogens (tertiary/aromatic N) is 1. The predicted molar refractivity (Wildman–Crippen MR) is 114 cm³/mol. The zero-order valence-electron chi connectivity index (χ0n) is 15.9. The molecule has 148 valence electrons. The van der Waals surface area contributed by atoms with Crippen molar-refractivity contribution >= 4 is 45.4 Å². The van der Waals surface area contributed by atoms with Crippen molar-refractivity contribution in [3.8, 4) is 5.75 Å².